The van der Waals surface area contributed by atoms with E-state index in [1.54, 1.807) is 24.4 Å². The van der Waals surface area contributed by atoms with Gasteiger partial charge >= 0.3 is 17.1 Å². The predicted molar refractivity (Wildman–Crippen MR) is 83.0 cm³/mol. The second kappa shape index (κ2) is 6.66. The first-order valence-corrected chi connectivity index (χ1v) is 6.66. The van der Waals surface area contributed by atoms with E-state index in [1.165, 1.54) is 12.2 Å². The van der Waals surface area contributed by atoms with Crippen LogP contribution in [0.25, 0.3) is 0 Å². The normalized spacial score (nSPS) is 10.4. The van der Waals surface area contributed by atoms with Crippen molar-refractivity contribution in [1.82, 2.24) is 18.7 Å². The lowest BCUT2D eigenvalue weighted by Crippen LogP contribution is -2.54. The van der Waals surface area contributed by atoms with Crippen molar-refractivity contribution in [2.75, 3.05) is 0 Å². The molecular formula is C15H16N4O3. The second-order valence-corrected chi connectivity index (χ2v) is 4.55. The molecule has 0 radical (unpaired) electrons. The maximum Gasteiger partial charge on any atom is 0.336 e. The first-order valence-electron chi connectivity index (χ1n) is 6.66. The van der Waals surface area contributed by atoms with E-state index in [-0.39, 0.29) is 19.6 Å². The van der Waals surface area contributed by atoms with E-state index in [9.17, 15) is 14.4 Å². The van der Waals surface area contributed by atoms with Crippen LogP contribution in [0.1, 0.15) is 5.69 Å². The summed E-state index contributed by atoms with van der Waals surface area (Å²) in [6, 6.07) is 5.20. The standard InChI is InChI=1S/C15H16N4O3/c1-3-9-17-13(20)18(10-4-2)15(22)19(14(17)21)11-12-7-5-6-8-16-12/h3-8H,1-2,9-11H2. The fourth-order valence-electron chi connectivity index (χ4n) is 2.04. The highest BCUT2D eigenvalue weighted by Gasteiger charge is 2.14. The summed E-state index contributed by atoms with van der Waals surface area (Å²) < 4.78 is 2.90. The van der Waals surface area contributed by atoms with Crippen LogP contribution >= 0.6 is 0 Å². The summed E-state index contributed by atoms with van der Waals surface area (Å²) in [5, 5.41) is 0. The van der Waals surface area contributed by atoms with Gasteiger partial charge in [-0.3, -0.25) is 4.98 Å². The number of hydrogen-bond acceptors (Lipinski definition) is 4. The van der Waals surface area contributed by atoms with Crippen molar-refractivity contribution in [2.24, 2.45) is 0 Å². The lowest BCUT2D eigenvalue weighted by Gasteiger charge is -2.11. The molecule has 2 rings (SSSR count). The third-order valence-corrected chi connectivity index (χ3v) is 3.06. The van der Waals surface area contributed by atoms with Crippen LogP contribution in [-0.4, -0.2) is 18.7 Å². The molecule has 0 spiro atoms. The molecule has 0 unspecified atom stereocenters. The third-order valence-electron chi connectivity index (χ3n) is 3.06. The molecule has 0 amide bonds. The van der Waals surface area contributed by atoms with Crippen molar-refractivity contribution >= 4 is 0 Å². The predicted octanol–water partition coefficient (Wildman–Crippen LogP) is -0.0130. The highest BCUT2D eigenvalue weighted by atomic mass is 16.2. The Balaban J connectivity index is 2.69. The Morgan fingerprint density at radius 3 is 1.91 bits per heavy atom. The summed E-state index contributed by atoms with van der Waals surface area (Å²) in [7, 11) is 0. The Bertz CT molecular complexity index is 811. The Hall–Kier alpha value is -2.96. The van der Waals surface area contributed by atoms with Gasteiger partial charge in [-0.1, -0.05) is 18.2 Å². The summed E-state index contributed by atoms with van der Waals surface area (Å²) in [6.07, 6.45) is 4.43. The van der Waals surface area contributed by atoms with Crippen LogP contribution in [0.5, 0.6) is 0 Å². The molecule has 0 saturated heterocycles. The highest BCUT2D eigenvalue weighted by Crippen LogP contribution is 1.93. The van der Waals surface area contributed by atoms with Crippen LogP contribution in [0.2, 0.25) is 0 Å². The summed E-state index contributed by atoms with van der Waals surface area (Å²) in [6.45, 7) is 7.09. The van der Waals surface area contributed by atoms with Crippen molar-refractivity contribution in [1.29, 1.82) is 0 Å². The molecule has 2 heterocycles. The number of aromatic nitrogens is 4. The summed E-state index contributed by atoms with van der Waals surface area (Å²) in [4.78, 5) is 41.0. The minimum Gasteiger partial charge on any atom is -0.259 e. The molecule has 0 atom stereocenters. The monoisotopic (exact) mass is 300 g/mol. The van der Waals surface area contributed by atoms with E-state index in [0.717, 1.165) is 13.7 Å². The van der Waals surface area contributed by atoms with E-state index < -0.39 is 17.1 Å². The van der Waals surface area contributed by atoms with E-state index in [1.807, 2.05) is 0 Å². The van der Waals surface area contributed by atoms with E-state index in [0.29, 0.717) is 5.69 Å². The van der Waals surface area contributed by atoms with Crippen LogP contribution in [0, 0.1) is 0 Å². The molecule has 2 aromatic rings. The Kier molecular flexibility index (Phi) is 4.67. The zero-order valence-electron chi connectivity index (χ0n) is 12.0. The molecule has 0 saturated carbocycles. The van der Waals surface area contributed by atoms with E-state index in [4.69, 9.17) is 0 Å². The van der Waals surface area contributed by atoms with Crippen LogP contribution in [0.3, 0.4) is 0 Å². The van der Waals surface area contributed by atoms with Gasteiger partial charge in [-0.05, 0) is 12.1 Å². The topological polar surface area (TPSA) is 78.9 Å². The van der Waals surface area contributed by atoms with Gasteiger partial charge in [0.15, 0.2) is 0 Å². The molecular weight excluding hydrogens is 284 g/mol. The third kappa shape index (κ3) is 2.88. The van der Waals surface area contributed by atoms with Crippen LogP contribution in [-0.2, 0) is 19.6 Å². The molecule has 0 aromatic carbocycles. The molecule has 2 aromatic heterocycles. The molecule has 0 aliphatic rings. The number of nitrogens with zero attached hydrogens (tertiary/aromatic N) is 4. The number of rotatable bonds is 6. The van der Waals surface area contributed by atoms with Gasteiger partial charge in [-0.2, -0.15) is 0 Å². The summed E-state index contributed by atoms with van der Waals surface area (Å²) in [5.74, 6) is 0. The molecule has 22 heavy (non-hydrogen) atoms. The Morgan fingerprint density at radius 2 is 1.45 bits per heavy atom. The fraction of sp³-hybridized carbons (Fsp3) is 0.200. The van der Waals surface area contributed by atoms with Gasteiger partial charge in [0.1, 0.15) is 0 Å². The van der Waals surface area contributed by atoms with Gasteiger partial charge < -0.3 is 0 Å². The lowest BCUT2D eigenvalue weighted by molar-refractivity contribution is 0.496. The number of allylic oxidation sites excluding steroid dienone is 2. The summed E-state index contributed by atoms with van der Waals surface area (Å²) >= 11 is 0. The summed E-state index contributed by atoms with van der Waals surface area (Å²) in [5.41, 5.74) is -1.48. The average Bonchev–Trinajstić information content (AvgIpc) is 2.53. The first kappa shape index (κ1) is 15.4. The molecule has 7 heteroatoms. The first-order chi connectivity index (χ1) is 10.6. The number of pyridine rings is 1. The van der Waals surface area contributed by atoms with Crippen molar-refractivity contribution < 1.29 is 0 Å². The average molecular weight is 300 g/mol. The molecule has 0 fully saturated rings. The van der Waals surface area contributed by atoms with Crippen LogP contribution in [0.15, 0.2) is 64.1 Å². The lowest BCUT2D eigenvalue weighted by atomic mass is 10.3. The van der Waals surface area contributed by atoms with Crippen LogP contribution < -0.4 is 17.1 Å². The second-order valence-electron chi connectivity index (χ2n) is 4.55. The van der Waals surface area contributed by atoms with Gasteiger partial charge in [0.2, 0.25) is 0 Å². The highest BCUT2D eigenvalue weighted by molar-refractivity contribution is 5.04. The van der Waals surface area contributed by atoms with E-state index in [2.05, 4.69) is 18.1 Å². The Labute approximate surface area is 126 Å². The minimum absolute atomic E-state index is 0.00687. The van der Waals surface area contributed by atoms with E-state index >= 15 is 0 Å². The maximum atomic E-state index is 12.4. The number of hydrogen-bond donors (Lipinski definition) is 0. The quantitative estimate of drug-likeness (QED) is 0.703. The van der Waals surface area contributed by atoms with Gasteiger partial charge in [-0.15, -0.1) is 13.2 Å². The van der Waals surface area contributed by atoms with Crippen molar-refractivity contribution in [2.45, 2.75) is 19.6 Å². The molecule has 0 bridgehead atoms. The van der Waals surface area contributed by atoms with Gasteiger partial charge in [0.05, 0.1) is 25.3 Å². The van der Waals surface area contributed by atoms with Gasteiger partial charge in [0, 0.05) is 6.20 Å². The van der Waals surface area contributed by atoms with Gasteiger partial charge in [-0.25, -0.2) is 28.1 Å². The fourth-order valence-corrected chi connectivity index (χ4v) is 2.04. The van der Waals surface area contributed by atoms with Crippen LogP contribution in [0.4, 0.5) is 0 Å². The SMILES string of the molecule is C=CCn1c(=O)n(CC=C)c(=O)n(Cc2ccccn2)c1=O. The largest absolute Gasteiger partial charge is 0.336 e. The molecule has 114 valence electrons. The molecule has 0 N–H and O–H groups in total. The Morgan fingerprint density at radius 1 is 0.909 bits per heavy atom. The zero-order valence-corrected chi connectivity index (χ0v) is 12.0. The van der Waals surface area contributed by atoms with Crippen molar-refractivity contribution in [3.63, 3.8) is 0 Å². The van der Waals surface area contributed by atoms with Crippen molar-refractivity contribution in [3.05, 3.63) is 86.9 Å². The smallest absolute Gasteiger partial charge is 0.259 e. The minimum atomic E-state index is -0.680. The van der Waals surface area contributed by atoms with Crippen molar-refractivity contribution in [3.8, 4) is 0 Å². The van der Waals surface area contributed by atoms with Gasteiger partial charge in [0.25, 0.3) is 0 Å². The maximum absolute atomic E-state index is 12.4. The molecule has 0 aliphatic carbocycles. The molecule has 7 nitrogen and oxygen atoms in total. The molecule has 0 aliphatic heterocycles. The zero-order chi connectivity index (χ0) is 16.1.